The van der Waals surface area contributed by atoms with E-state index >= 15 is 0 Å². The summed E-state index contributed by atoms with van der Waals surface area (Å²) >= 11 is 0. The third kappa shape index (κ3) is 4.51. The fourth-order valence-electron chi connectivity index (χ4n) is 7.11. The average Bonchev–Trinajstić information content (AvgIpc) is 3.67. The molecule has 0 saturated heterocycles. The molecule has 0 amide bonds. The number of aryl methyl sites for hydroxylation is 1. The van der Waals surface area contributed by atoms with Crippen LogP contribution in [-0.4, -0.2) is 11.6 Å². The van der Waals surface area contributed by atoms with Crippen LogP contribution < -0.4 is 4.90 Å². The molecule has 0 aliphatic rings. The van der Waals surface area contributed by atoms with Crippen LogP contribution in [0.4, 0.5) is 11.4 Å². The normalized spacial score (nSPS) is 11.6. The first-order valence-corrected chi connectivity index (χ1v) is 16.1. The second kappa shape index (κ2) is 10.8. The number of rotatable bonds is 5. The molecule has 0 aliphatic heterocycles. The van der Waals surface area contributed by atoms with Gasteiger partial charge in [-0.25, -0.2) is 0 Å². The molecule has 0 fully saturated rings. The molecule has 9 rings (SSSR count). The lowest BCUT2D eigenvalue weighted by molar-refractivity contribution is 0.669. The maximum atomic E-state index is 6.05. The molecule has 3 heteroatoms. The number of furan rings is 1. The van der Waals surface area contributed by atoms with E-state index in [1.165, 1.54) is 61.0 Å². The van der Waals surface area contributed by atoms with Crippen molar-refractivity contribution in [2.24, 2.45) is 0 Å². The summed E-state index contributed by atoms with van der Waals surface area (Å²) < 4.78 is 8.44. The van der Waals surface area contributed by atoms with Crippen molar-refractivity contribution in [1.82, 2.24) is 4.57 Å². The number of aromatic nitrogens is 1. The Hall–Kier alpha value is -6.06. The zero-order valence-electron chi connectivity index (χ0n) is 26.3. The van der Waals surface area contributed by atoms with Gasteiger partial charge in [0.2, 0.25) is 0 Å². The molecule has 0 aliphatic carbocycles. The van der Waals surface area contributed by atoms with Crippen molar-refractivity contribution in [3.05, 3.63) is 163 Å². The van der Waals surface area contributed by atoms with Crippen molar-refractivity contribution in [1.29, 1.82) is 0 Å². The number of anilines is 2. The average molecular weight is 605 g/mol. The topological polar surface area (TPSA) is 21.3 Å². The molecule has 0 saturated carbocycles. The first-order chi connectivity index (χ1) is 23.1. The predicted molar refractivity (Wildman–Crippen MR) is 198 cm³/mol. The highest BCUT2D eigenvalue weighted by molar-refractivity contribution is 6.10. The van der Waals surface area contributed by atoms with E-state index in [-0.39, 0.29) is 0 Å². The summed E-state index contributed by atoms with van der Waals surface area (Å²) in [6.07, 6.45) is 0. The van der Waals surface area contributed by atoms with Crippen molar-refractivity contribution >= 4 is 55.1 Å². The Morgan fingerprint density at radius 3 is 1.96 bits per heavy atom. The molecule has 0 spiro atoms. The van der Waals surface area contributed by atoms with Gasteiger partial charge in [-0.2, -0.15) is 0 Å². The SMILES string of the molecule is Cc1ccccc1N(C)c1ccc2c(c1)c1ccccc1n2-c1cccc(-c2ccc(-c3ccc4oc5ccccc5c4c3)cc2)c1. The monoisotopic (exact) mass is 604 g/mol. The summed E-state index contributed by atoms with van der Waals surface area (Å²) in [5.41, 5.74) is 13.8. The van der Waals surface area contributed by atoms with Gasteiger partial charge in [0, 0.05) is 45.7 Å². The molecular weight excluding hydrogens is 572 g/mol. The number of benzene rings is 7. The van der Waals surface area contributed by atoms with Crippen LogP contribution in [0.3, 0.4) is 0 Å². The van der Waals surface area contributed by atoms with Crippen LogP contribution in [0.2, 0.25) is 0 Å². The third-order valence-electron chi connectivity index (χ3n) is 9.55. The van der Waals surface area contributed by atoms with E-state index in [0.29, 0.717) is 0 Å². The van der Waals surface area contributed by atoms with E-state index in [4.69, 9.17) is 4.42 Å². The summed E-state index contributed by atoms with van der Waals surface area (Å²) in [6.45, 7) is 2.17. The van der Waals surface area contributed by atoms with E-state index < -0.39 is 0 Å². The van der Waals surface area contributed by atoms with Crippen molar-refractivity contribution in [2.75, 3.05) is 11.9 Å². The van der Waals surface area contributed by atoms with E-state index in [2.05, 4.69) is 169 Å². The maximum absolute atomic E-state index is 6.05. The lowest BCUT2D eigenvalue weighted by atomic mass is 9.99. The highest BCUT2D eigenvalue weighted by Gasteiger charge is 2.15. The van der Waals surface area contributed by atoms with Crippen LogP contribution in [-0.2, 0) is 0 Å². The molecule has 0 radical (unpaired) electrons. The highest BCUT2D eigenvalue weighted by atomic mass is 16.3. The largest absolute Gasteiger partial charge is 0.456 e. The smallest absolute Gasteiger partial charge is 0.135 e. The molecule has 224 valence electrons. The molecule has 9 aromatic rings. The van der Waals surface area contributed by atoms with E-state index in [0.717, 1.165) is 27.6 Å². The minimum Gasteiger partial charge on any atom is -0.456 e. The number of hydrogen-bond acceptors (Lipinski definition) is 2. The van der Waals surface area contributed by atoms with Gasteiger partial charge >= 0.3 is 0 Å². The van der Waals surface area contributed by atoms with E-state index in [1.807, 2.05) is 12.1 Å². The molecule has 2 aromatic heterocycles. The Morgan fingerprint density at radius 2 is 1.13 bits per heavy atom. The Balaban J connectivity index is 1.09. The van der Waals surface area contributed by atoms with E-state index in [1.54, 1.807) is 0 Å². The molecule has 7 aromatic carbocycles. The predicted octanol–water partition coefficient (Wildman–Crippen LogP) is 12.1. The van der Waals surface area contributed by atoms with Crippen molar-refractivity contribution in [2.45, 2.75) is 6.92 Å². The molecule has 3 nitrogen and oxygen atoms in total. The Labute approximate surface area is 273 Å². The van der Waals surface area contributed by atoms with Crippen LogP contribution in [0, 0.1) is 6.92 Å². The zero-order valence-corrected chi connectivity index (χ0v) is 26.3. The minimum atomic E-state index is 0.919. The molecule has 0 N–H and O–H groups in total. The number of fused-ring (bicyclic) bond motifs is 6. The van der Waals surface area contributed by atoms with Crippen LogP contribution in [0.1, 0.15) is 5.56 Å². The van der Waals surface area contributed by atoms with Gasteiger partial charge in [-0.3, -0.25) is 0 Å². The Kier molecular flexibility index (Phi) is 6.26. The number of hydrogen-bond donors (Lipinski definition) is 0. The highest BCUT2D eigenvalue weighted by Crippen LogP contribution is 2.38. The van der Waals surface area contributed by atoms with Crippen molar-refractivity contribution in [3.63, 3.8) is 0 Å². The van der Waals surface area contributed by atoms with Crippen molar-refractivity contribution in [3.8, 4) is 27.9 Å². The third-order valence-corrected chi connectivity index (χ3v) is 9.55. The molecule has 0 unspecified atom stereocenters. The van der Waals surface area contributed by atoms with Gasteiger partial charge in [0.1, 0.15) is 11.2 Å². The quantitative estimate of drug-likeness (QED) is 0.195. The Morgan fingerprint density at radius 1 is 0.468 bits per heavy atom. The summed E-state index contributed by atoms with van der Waals surface area (Å²) in [5.74, 6) is 0. The first kappa shape index (κ1) is 27.3. The summed E-state index contributed by atoms with van der Waals surface area (Å²) in [4.78, 5) is 2.28. The maximum Gasteiger partial charge on any atom is 0.135 e. The number of nitrogens with zero attached hydrogens (tertiary/aromatic N) is 2. The van der Waals surface area contributed by atoms with Gasteiger partial charge in [-0.1, -0.05) is 97.1 Å². The second-order valence-electron chi connectivity index (χ2n) is 12.3. The molecular formula is C44H32N2O. The summed E-state index contributed by atoms with van der Waals surface area (Å²) in [5, 5.41) is 4.79. The molecule has 47 heavy (non-hydrogen) atoms. The number of para-hydroxylation sites is 3. The molecule has 2 heterocycles. The second-order valence-corrected chi connectivity index (χ2v) is 12.3. The fourth-order valence-corrected chi connectivity index (χ4v) is 7.11. The van der Waals surface area contributed by atoms with Gasteiger partial charge in [0.25, 0.3) is 0 Å². The lowest BCUT2D eigenvalue weighted by Gasteiger charge is -2.22. The van der Waals surface area contributed by atoms with Crippen LogP contribution >= 0.6 is 0 Å². The summed E-state index contributed by atoms with van der Waals surface area (Å²) in [7, 11) is 2.15. The van der Waals surface area contributed by atoms with E-state index in [9.17, 15) is 0 Å². The van der Waals surface area contributed by atoms with Crippen molar-refractivity contribution < 1.29 is 4.42 Å². The van der Waals surface area contributed by atoms with Crippen LogP contribution in [0.15, 0.2) is 162 Å². The van der Waals surface area contributed by atoms with Gasteiger partial charge in [0.15, 0.2) is 0 Å². The first-order valence-electron chi connectivity index (χ1n) is 16.1. The summed E-state index contributed by atoms with van der Waals surface area (Å²) in [6, 6.07) is 56.6. The standard InChI is InChI=1S/C44H32N2O/c1-29-10-3-6-15-40(29)45(2)34-23-24-42-38(28-34)36-13-4-7-16-41(36)46(42)35-12-9-11-32(26-35)30-18-20-31(21-19-30)33-22-25-44-39(27-33)37-14-5-8-17-43(37)47-44/h3-28H,1-2H3. The fraction of sp³-hybridized carbons (Fsp3) is 0.0455. The van der Waals surface area contributed by atoms with Gasteiger partial charge in [-0.05, 0) is 95.4 Å². The van der Waals surface area contributed by atoms with Gasteiger partial charge < -0.3 is 13.9 Å². The Bertz CT molecular complexity index is 2600. The minimum absolute atomic E-state index is 0.919. The molecule has 0 atom stereocenters. The van der Waals surface area contributed by atoms with Gasteiger partial charge in [-0.15, -0.1) is 0 Å². The van der Waals surface area contributed by atoms with Crippen LogP contribution in [0.25, 0.3) is 71.7 Å². The van der Waals surface area contributed by atoms with Crippen LogP contribution in [0.5, 0.6) is 0 Å². The zero-order chi connectivity index (χ0) is 31.5. The molecule has 0 bridgehead atoms. The van der Waals surface area contributed by atoms with Gasteiger partial charge in [0.05, 0.1) is 11.0 Å². The lowest BCUT2D eigenvalue weighted by Crippen LogP contribution is -2.10.